The van der Waals surface area contributed by atoms with Gasteiger partial charge >= 0.3 is 0 Å². The first kappa shape index (κ1) is 21.7. The van der Waals surface area contributed by atoms with E-state index in [1.54, 1.807) is 19.2 Å². The number of aromatic nitrogens is 1. The maximum absolute atomic E-state index is 12.8. The van der Waals surface area contributed by atoms with Gasteiger partial charge in [0.25, 0.3) is 10.0 Å². The summed E-state index contributed by atoms with van der Waals surface area (Å²) >= 11 is 18.6. The molecule has 0 aliphatic heterocycles. The predicted molar refractivity (Wildman–Crippen MR) is 125 cm³/mol. The van der Waals surface area contributed by atoms with E-state index in [1.807, 2.05) is 30.3 Å². The molecule has 0 saturated carbocycles. The lowest BCUT2D eigenvalue weighted by molar-refractivity contribution is 0.482. The highest BCUT2D eigenvalue weighted by molar-refractivity contribution is 7.92. The van der Waals surface area contributed by atoms with Crippen LogP contribution >= 0.6 is 34.8 Å². The van der Waals surface area contributed by atoms with Crippen LogP contribution in [-0.4, -0.2) is 13.4 Å². The Hall–Kier alpha value is -2.51. The number of sulfonamides is 1. The number of ether oxygens (including phenoxy) is 1. The molecule has 1 aromatic heterocycles. The first-order chi connectivity index (χ1) is 14.7. The van der Waals surface area contributed by atoms with Crippen LogP contribution < -0.4 is 9.46 Å². The molecule has 0 spiro atoms. The Morgan fingerprint density at radius 2 is 1.65 bits per heavy atom. The van der Waals surface area contributed by atoms with Crippen LogP contribution in [0.5, 0.6) is 11.5 Å². The van der Waals surface area contributed by atoms with Crippen molar-refractivity contribution in [2.75, 3.05) is 4.72 Å². The summed E-state index contributed by atoms with van der Waals surface area (Å²) in [6.45, 7) is 1.66. The number of halogens is 3. The van der Waals surface area contributed by atoms with Gasteiger partial charge in [0.2, 0.25) is 0 Å². The number of rotatable bonds is 5. The van der Waals surface area contributed by atoms with Gasteiger partial charge in [-0.25, -0.2) is 8.42 Å². The molecule has 4 rings (SSSR count). The molecule has 4 aromatic rings. The molecule has 1 heterocycles. The zero-order valence-electron chi connectivity index (χ0n) is 16.1. The monoisotopic (exact) mass is 492 g/mol. The Kier molecular flexibility index (Phi) is 5.99. The molecule has 158 valence electrons. The summed E-state index contributed by atoms with van der Waals surface area (Å²) in [4.78, 5) is 4.44. The number of fused-ring (bicyclic) bond motifs is 1. The van der Waals surface area contributed by atoms with Crippen LogP contribution in [0.4, 0.5) is 5.69 Å². The van der Waals surface area contributed by atoms with Crippen LogP contribution in [0.2, 0.25) is 15.1 Å². The van der Waals surface area contributed by atoms with E-state index in [4.69, 9.17) is 39.5 Å². The fourth-order valence-corrected chi connectivity index (χ4v) is 5.12. The Morgan fingerprint density at radius 3 is 2.35 bits per heavy atom. The van der Waals surface area contributed by atoms with Crippen molar-refractivity contribution in [2.24, 2.45) is 0 Å². The van der Waals surface area contributed by atoms with Gasteiger partial charge in [-0.3, -0.25) is 9.71 Å². The normalized spacial score (nSPS) is 11.5. The van der Waals surface area contributed by atoms with E-state index in [2.05, 4.69) is 9.71 Å². The summed E-state index contributed by atoms with van der Waals surface area (Å²) in [6, 6.07) is 16.8. The molecule has 1 N–H and O–H groups in total. The zero-order chi connectivity index (χ0) is 22.2. The average Bonchev–Trinajstić information content (AvgIpc) is 2.70. The molecule has 0 bridgehead atoms. The molecule has 0 amide bonds. The molecule has 9 heteroatoms. The van der Waals surface area contributed by atoms with Gasteiger partial charge in [-0.15, -0.1) is 0 Å². The topological polar surface area (TPSA) is 68.3 Å². The van der Waals surface area contributed by atoms with E-state index in [0.29, 0.717) is 16.3 Å². The lowest BCUT2D eigenvalue weighted by Gasteiger charge is -2.14. The van der Waals surface area contributed by atoms with E-state index in [-0.39, 0.29) is 26.4 Å². The fraction of sp³-hybridized carbons (Fsp3) is 0.0455. The molecular formula is C22H15Cl3N2O3S. The molecule has 31 heavy (non-hydrogen) atoms. The molecule has 0 radical (unpaired) electrons. The van der Waals surface area contributed by atoms with E-state index < -0.39 is 10.0 Å². The van der Waals surface area contributed by atoms with Crippen molar-refractivity contribution >= 4 is 61.4 Å². The van der Waals surface area contributed by atoms with Crippen molar-refractivity contribution < 1.29 is 13.2 Å². The largest absolute Gasteiger partial charge is 0.453 e. The molecule has 0 aliphatic rings. The summed E-state index contributed by atoms with van der Waals surface area (Å²) in [6.07, 6.45) is 1.56. The summed E-state index contributed by atoms with van der Waals surface area (Å²) in [5.41, 5.74) is 1.54. The minimum atomic E-state index is -3.87. The SMILES string of the molecule is Cc1cc(Cl)ccc1S(=O)(=O)Nc1cc(Cl)c(Oc2cnc3ccccc3c2)c(Cl)c1. The number of aryl methyl sites for hydroxylation is 1. The number of anilines is 1. The molecule has 0 aliphatic carbocycles. The Bertz CT molecular complexity index is 1390. The summed E-state index contributed by atoms with van der Waals surface area (Å²) in [5.74, 6) is 0.652. The lowest BCUT2D eigenvalue weighted by Crippen LogP contribution is -2.14. The zero-order valence-corrected chi connectivity index (χ0v) is 19.1. The highest BCUT2D eigenvalue weighted by Gasteiger charge is 2.19. The third kappa shape index (κ3) is 4.72. The van der Waals surface area contributed by atoms with Gasteiger partial charge in [-0.1, -0.05) is 53.0 Å². The van der Waals surface area contributed by atoms with Gasteiger partial charge < -0.3 is 4.74 Å². The Morgan fingerprint density at radius 1 is 0.935 bits per heavy atom. The van der Waals surface area contributed by atoms with Gasteiger partial charge in [0.1, 0.15) is 5.75 Å². The van der Waals surface area contributed by atoms with Gasteiger partial charge in [0.05, 0.1) is 32.3 Å². The maximum Gasteiger partial charge on any atom is 0.262 e. The van der Waals surface area contributed by atoms with E-state index >= 15 is 0 Å². The Labute approximate surface area is 194 Å². The minimum absolute atomic E-state index is 0.103. The van der Waals surface area contributed by atoms with Crippen molar-refractivity contribution in [3.05, 3.63) is 87.5 Å². The van der Waals surface area contributed by atoms with Crippen LogP contribution in [0.3, 0.4) is 0 Å². The molecule has 3 aromatic carbocycles. The first-order valence-electron chi connectivity index (χ1n) is 9.03. The number of nitrogens with zero attached hydrogens (tertiary/aromatic N) is 1. The van der Waals surface area contributed by atoms with E-state index in [9.17, 15) is 8.42 Å². The fourth-order valence-electron chi connectivity index (χ4n) is 3.07. The number of hydrogen-bond acceptors (Lipinski definition) is 4. The van der Waals surface area contributed by atoms with Crippen molar-refractivity contribution in [3.8, 4) is 11.5 Å². The number of hydrogen-bond donors (Lipinski definition) is 1. The smallest absolute Gasteiger partial charge is 0.262 e. The van der Waals surface area contributed by atoms with Gasteiger partial charge in [-0.2, -0.15) is 0 Å². The minimum Gasteiger partial charge on any atom is -0.453 e. The van der Waals surface area contributed by atoms with Gasteiger partial charge in [0.15, 0.2) is 5.75 Å². The standard InChI is InChI=1S/C22H15Cl3N2O3S/c1-13-8-15(23)6-7-21(13)31(28,29)27-16-10-18(24)22(19(25)11-16)30-17-9-14-4-2-3-5-20(14)26-12-17/h2-12,27H,1H3. The quantitative estimate of drug-likeness (QED) is 0.322. The summed E-state index contributed by atoms with van der Waals surface area (Å²) in [7, 11) is -3.87. The highest BCUT2D eigenvalue weighted by atomic mass is 35.5. The molecule has 0 fully saturated rings. The maximum atomic E-state index is 12.8. The lowest BCUT2D eigenvalue weighted by atomic mass is 10.2. The van der Waals surface area contributed by atoms with Crippen molar-refractivity contribution in [3.63, 3.8) is 0 Å². The van der Waals surface area contributed by atoms with Gasteiger partial charge in [0, 0.05) is 10.4 Å². The first-order valence-corrected chi connectivity index (χ1v) is 11.7. The number of benzene rings is 3. The summed E-state index contributed by atoms with van der Waals surface area (Å²) < 4.78 is 33.9. The van der Waals surface area contributed by atoms with Crippen LogP contribution in [0.1, 0.15) is 5.56 Å². The van der Waals surface area contributed by atoms with Crippen molar-refractivity contribution in [2.45, 2.75) is 11.8 Å². The predicted octanol–water partition coefficient (Wildman–Crippen LogP) is 7.10. The molecule has 5 nitrogen and oxygen atoms in total. The van der Waals surface area contributed by atoms with Crippen LogP contribution in [0.25, 0.3) is 10.9 Å². The third-order valence-electron chi connectivity index (χ3n) is 4.46. The number of pyridine rings is 1. The van der Waals surface area contributed by atoms with Crippen molar-refractivity contribution in [1.82, 2.24) is 4.98 Å². The highest BCUT2D eigenvalue weighted by Crippen LogP contribution is 2.39. The number of para-hydroxylation sites is 1. The second-order valence-corrected chi connectivity index (χ2v) is 9.65. The average molecular weight is 494 g/mol. The van der Waals surface area contributed by atoms with Crippen LogP contribution in [-0.2, 0) is 10.0 Å². The van der Waals surface area contributed by atoms with Crippen molar-refractivity contribution in [1.29, 1.82) is 0 Å². The van der Waals surface area contributed by atoms with E-state index in [1.165, 1.54) is 24.3 Å². The second kappa shape index (κ2) is 8.55. The molecule has 0 saturated heterocycles. The van der Waals surface area contributed by atoms with Gasteiger partial charge in [-0.05, 0) is 55.0 Å². The van der Waals surface area contributed by atoms with E-state index in [0.717, 1.165) is 10.9 Å². The third-order valence-corrected chi connectivity index (χ3v) is 6.80. The Balaban J connectivity index is 1.62. The summed E-state index contributed by atoms with van der Waals surface area (Å²) in [5, 5.41) is 1.64. The molecular weight excluding hydrogens is 479 g/mol. The van der Waals surface area contributed by atoms with Crippen LogP contribution in [0.15, 0.2) is 71.8 Å². The number of nitrogens with one attached hydrogen (secondary N) is 1. The van der Waals surface area contributed by atoms with Crippen LogP contribution in [0, 0.1) is 6.92 Å². The molecule has 0 unspecified atom stereocenters. The molecule has 0 atom stereocenters. The second-order valence-electron chi connectivity index (χ2n) is 6.75.